The van der Waals surface area contributed by atoms with E-state index in [9.17, 15) is 4.39 Å². The average Bonchev–Trinajstić information content (AvgIpc) is 2.98. The predicted octanol–water partition coefficient (Wildman–Crippen LogP) is 3.60. The van der Waals surface area contributed by atoms with E-state index >= 15 is 0 Å². The Morgan fingerprint density at radius 3 is 3.05 bits per heavy atom. The predicted molar refractivity (Wildman–Crippen MR) is 78.7 cm³/mol. The number of benzene rings is 1. The van der Waals surface area contributed by atoms with Gasteiger partial charge in [-0.1, -0.05) is 23.2 Å². The molecule has 1 aromatic heterocycles. The van der Waals surface area contributed by atoms with Crippen molar-refractivity contribution in [1.29, 1.82) is 0 Å². The first-order chi connectivity index (χ1) is 10.2. The second kappa shape index (κ2) is 6.54. The van der Waals surface area contributed by atoms with Crippen LogP contribution in [0.3, 0.4) is 0 Å². The minimum absolute atomic E-state index is 0.0604. The van der Waals surface area contributed by atoms with Crippen LogP contribution in [0.2, 0.25) is 5.02 Å². The van der Waals surface area contributed by atoms with E-state index < -0.39 is 5.82 Å². The highest BCUT2D eigenvalue weighted by molar-refractivity contribution is 6.31. The van der Waals surface area contributed by atoms with Gasteiger partial charge in [0.25, 0.3) is 0 Å². The normalized spacial score (nSPS) is 18.9. The van der Waals surface area contributed by atoms with E-state index in [1.54, 1.807) is 6.07 Å². The minimum Gasteiger partial charge on any atom is -0.339 e. The molecule has 0 radical (unpaired) electrons. The third-order valence-corrected chi connectivity index (χ3v) is 4.05. The number of aromatic nitrogens is 2. The van der Waals surface area contributed by atoms with Gasteiger partial charge in [0.05, 0.1) is 5.02 Å². The van der Waals surface area contributed by atoms with Crippen molar-refractivity contribution in [2.24, 2.45) is 0 Å². The number of hydrogen-bond acceptors (Lipinski definition) is 4. The summed E-state index contributed by atoms with van der Waals surface area (Å²) in [6.07, 6.45) is 5.48. The lowest BCUT2D eigenvalue weighted by molar-refractivity contribution is 0.342. The Kier molecular flexibility index (Phi) is 4.51. The largest absolute Gasteiger partial charge is 0.339 e. The van der Waals surface area contributed by atoms with Crippen molar-refractivity contribution in [1.82, 2.24) is 15.5 Å². The molecule has 6 heteroatoms. The first-order valence-electron chi connectivity index (χ1n) is 7.24. The molecule has 0 aliphatic carbocycles. The van der Waals surface area contributed by atoms with E-state index in [1.165, 1.54) is 31.4 Å². The number of rotatable bonds is 4. The zero-order chi connectivity index (χ0) is 14.7. The summed E-state index contributed by atoms with van der Waals surface area (Å²) in [6.45, 7) is 1.09. The molecule has 21 heavy (non-hydrogen) atoms. The van der Waals surface area contributed by atoms with Crippen molar-refractivity contribution >= 4 is 11.6 Å². The highest BCUT2D eigenvalue weighted by atomic mass is 35.5. The molecule has 1 aliphatic heterocycles. The summed E-state index contributed by atoms with van der Waals surface area (Å²) in [7, 11) is 0. The summed E-state index contributed by atoms with van der Waals surface area (Å²) in [5.74, 6) is 0.605. The molecule has 0 amide bonds. The standard InChI is InChI=1S/C15H17ClFN3O/c16-12-9-10(4-6-13(12)17)15-19-14(21-20-15)7-5-11-3-1-2-8-18-11/h4,6,9,11,18H,1-3,5,7-8H2. The van der Waals surface area contributed by atoms with Gasteiger partial charge in [0.1, 0.15) is 5.82 Å². The van der Waals surface area contributed by atoms with Crippen LogP contribution in [0.25, 0.3) is 11.4 Å². The maximum atomic E-state index is 13.1. The number of piperidine rings is 1. The van der Waals surface area contributed by atoms with E-state index in [4.69, 9.17) is 16.1 Å². The van der Waals surface area contributed by atoms with Crippen LogP contribution in [0.15, 0.2) is 22.7 Å². The third-order valence-electron chi connectivity index (χ3n) is 3.76. The Bertz CT molecular complexity index is 611. The van der Waals surface area contributed by atoms with Crippen LogP contribution in [0, 0.1) is 5.82 Å². The fraction of sp³-hybridized carbons (Fsp3) is 0.467. The van der Waals surface area contributed by atoms with Gasteiger partial charge >= 0.3 is 0 Å². The summed E-state index contributed by atoms with van der Waals surface area (Å²) in [5.41, 5.74) is 0.659. The molecule has 2 heterocycles. The SMILES string of the molecule is Fc1ccc(-c2noc(CCC3CCCCN3)n2)cc1Cl. The van der Waals surface area contributed by atoms with Gasteiger partial charge in [-0.15, -0.1) is 0 Å². The van der Waals surface area contributed by atoms with E-state index in [0.29, 0.717) is 23.3 Å². The Morgan fingerprint density at radius 1 is 1.38 bits per heavy atom. The molecule has 1 aliphatic rings. The molecule has 1 saturated heterocycles. The molecular weight excluding hydrogens is 293 g/mol. The second-order valence-corrected chi connectivity index (χ2v) is 5.73. The van der Waals surface area contributed by atoms with Gasteiger partial charge in [-0.2, -0.15) is 4.98 Å². The van der Waals surface area contributed by atoms with Gasteiger partial charge in [-0.25, -0.2) is 4.39 Å². The van der Waals surface area contributed by atoms with E-state index in [1.807, 2.05) is 0 Å². The summed E-state index contributed by atoms with van der Waals surface area (Å²) < 4.78 is 18.4. The van der Waals surface area contributed by atoms with Crippen molar-refractivity contribution in [2.75, 3.05) is 6.54 Å². The van der Waals surface area contributed by atoms with Crippen LogP contribution in [0.5, 0.6) is 0 Å². The van der Waals surface area contributed by atoms with Crippen molar-refractivity contribution in [2.45, 2.75) is 38.1 Å². The molecule has 3 rings (SSSR count). The van der Waals surface area contributed by atoms with Crippen LogP contribution < -0.4 is 5.32 Å². The summed E-state index contributed by atoms with van der Waals surface area (Å²) >= 11 is 5.76. The maximum Gasteiger partial charge on any atom is 0.227 e. The Labute approximate surface area is 127 Å². The van der Waals surface area contributed by atoms with E-state index in [2.05, 4.69) is 15.5 Å². The van der Waals surface area contributed by atoms with Gasteiger partial charge in [-0.3, -0.25) is 0 Å². The Hall–Kier alpha value is -1.46. The molecule has 0 saturated carbocycles. The first kappa shape index (κ1) is 14.5. The molecule has 112 valence electrons. The molecule has 1 atom stereocenters. The number of hydrogen-bond donors (Lipinski definition) is 1. The highest BCUT2D eigenvalue weighted by Crippen LogP contribution is 2.23. The molecule has 0 spiro atoms. The monoisotopic (exact) mass is 309 g/mol. The van der Waals surface area contributed by atoms with Crippen molar-refractivity contribution in [3.05, 3.63) is 34.9 Å². The molecule has 0 bridgehead atoms. The van der Waals surface area contributed by atoms with Crippen LogP contribution in [0.4, 0.5) is 4.39 Å². The highest BCUT2D eigenvalue weighted by Gasteiger charge is 2.15. The van der Waals surface area contributed by atoms with Crippen molar-refractivity contribution in [3.8, 4) is 11.4 Å². The van der Waals surface area contributed by atoms with Gasteiger partial charge in [-0.05, 0) is 44.0 Å². The Balaban J connectivity index is 1.63. The quantitative estimate of drug-likeness (QED) is 0.937. The number of nitrogens with one attached hydrogen (secondary N) is 1. The molecule has 4 nitrogen and oxygen atoms in total. The van der Waals surface area contributed by atoms with E-state index in [-0.39, 0.29) is 5.02 Å². The van der Waals surface area contributed by atoms with E-state index in [0.717, 1.165) is 19.4 Å². The summed E-state index contributed by atoms with van der Waals surface area (Å²) in [4.78, 5) is 4.35. The summed E-state index contributed by atoms with van der Waals surface area (Å²) in [6, 6.07) is 4.95. The van der Waals surface area contributed by atoms with Crippen LogP contribution in [0.1, 0.15) is 31.6 Å². The van der Waals surface area contributed by atoms with Crippen molar-refractivity contribution in [3.63, 3.8) is 0 Å². The van der Waals surface area contributed by atoms with Crippen LogP contribution in [-0.4, -0.2) is 22.7 Å². The Morgan fingerprint density at radius 2 is 2.29 bits per heavy atom. The number of nitrogens with zero attached hydrogens (tertiary/aromatic N) is 2. The zero-order valence-corrected chi connectivity index (χ0v) is 12.4. The zero-order valence-electron chi connectivity index (χ0n) is 11.6. The molecule has 1 fully saturated rings. The maximum absolute atomic E-state index is 13.1. The molecule has 1 aromatic carbocycles. The fourth-order valence-corrected chi connectivity index (χ4v) is 2.76. The molecular formula is C15H17ClFN3O. The summed E-state index contributed by atoms with van der Waals surface area (Å²) in [5, 5.41) is 7.49. The van der Waals surface area contributed by atoms with Crippen LogP contribution >= 0.6 is 11.6 Å². The van der Waals surface area contributed by atoms with Crippen molar-refractivity contribution < 1.29 is 8.91 Å². The lowest BCUT2D eigenvalue weighted by Gasteiger charge is -2.22. The fourth-order valence-electron chi connectivity index (χ4n) is 2.58. The smallest absolute Gasteiger partial charge is 0.227 e. The van der Waals surface area contributed by atoms with Gasteiger partial charge in [0.2, 0.25) is 11.7 Å². The van der Waals surface area contributed by atoms with Gasteiger partial charge in [0.15, 0.2) is 0 Å². The molecule has 1 N–H and O–H groups in total. The molecule has 2 aromatic rings. The van der Waals surface area contributed by atoms with Crippen LogP contribution in [-0.2, 0) is 6.42 Å². The lowest BCUT2D eigenvalue weighted by Crippen LogP contribution is -2.34. The van der Waals surface area contributed by atoms with Gasteiger partial charge in [0, 0.05) is 18.0 Å². The lowest BCUT2D eigenvalue weighted by atomic mass is 10.0. The minimum atomic E-state index is -0.451. The number of halogens is 2. The number of aryl methyl sites for hydroxylation is 1. The molecule has 1 unspecified atom stereocenters. The van der Waals surface area contributed by atoms with Gasteiger partial charge < -0.3 is 9.84 Å². The topological polar surface area (TPSA) is 51.0 Å². The average molecular weight is 310 g/mol. The second-order valence-electron chi connectivity index (χ2n) is 5.33. The third kappa shape index (κ3) is 3.60. The first-order valence-corrected chi connectivity index (χ1v) is 7.61.